The van der Waals surface area contributed by atoms with Gasteiger partial charge in [-0.05, 0) is 12.5 Å². The van der Waals surface area contributed by atoms with Crippen LogP contribution in [0.4, 0.5) is 4.39 Å². The number of hydrogen-bond acceptors (Lipinski definition) is 4. The molecule has 1 aliphatic heterocycles. The lowest BCUT2D eigenvalue weighted by molar-refractivity contribution is 0.295. The minimum atomic E-state index is -0.811. The summed E-state index contributed by atoms with van der Waals surface area (Å²) in [6, 6.07) is 7.84. The number of thioether (sulfide) groups is 1. The maximum Gasteiger partial charge on any atom is 0.287 e. The van der Waals surface area contributed by atoms with Crippen LogP contribution in [-0.4, -0.2) is 39.5 Å². The summed E-state index contributed by atoms with van der Waals surface area (Å²) in [5.41, 5.74) is 1.37. The molecule has 0 radical (unpaired) electrons. The fraction of sp³-hybridized carbons (Fsp3) is 0.375. The molecule has 0 unspecified atom stereocenters. The lowest BCUT2D eigenvalue weighted by Gasteiger charge is -2.26. The largest absolute Gasteiger partial charge is 0.304 e. The van der Waals surface area contributed by atoms with Crippen LogP contribution in [0.15, 0.2) is 29.1 Å². The van der Waals surface area contributed by atoms with Crippen LogP contribution in [0.2, 0.25) is 0 Å². The molecule has 0 bridgehead atoms. The topological polar surface area (TPSA) is 49.0 Å². The van der Waals surface area contributed by atoms with E-state index in [4.69, 9.17) is 0 Å². The number of rotatable bonds is 3. The van der Waals surface area contributed by atoms with Gasteiger partial charge in [-0.15, -0.1) is 0 Å². The van der Waals surface area contributed by atoms with Crippen LogP contribution < -0.4 is 5.56 Å². The third-order valence-corrected chi connectivity index (χ3v) is 4.74. The number of H-pyrrole nitrogens is 1. The predicted molar refractivity (Wildman–Crippen MR) is 87.6 cm³/mol. The first kappa shape index (κ1) is 15.2. The number of aromatic amines is 1. The monoisotopic (exact) mass is 319 g/mol. The molecule has 0 saturated carbocycles. The molecule has 1 saturated heterocycles. The highest BCUT2D eigenvalue weighted by molar-refractivity contribution is 7.99. The lowest BCUT2D eigenvalue weighted by atomic mass is 10.1. The van der Waals surface area contributed by atoms with E-state index >= 15 is 0 Å². The zero-order valence-corrected chi connectivity index (χ0v) is 13.3. The van der Waals surface area contributed by atoms with E-state index in [0.717, 1.165) is 42.3 Å². The summed E-state index contributed by atoms with van der Waals surface area (Å²) in [6.45, 7) is 4.45. The van der Waals surface area contributed by atoms with Gasteiger partial charge in [0.05, 0.1) is 5.69 Å². The Morgan fingerprint density at radius 1 is 1.32 bits per heavy atom. The first-order valence-corrected chi connectivity index (χ1v) is 8.45. The molecule has 1 aromatic carbocycles. The number of nitrogens with one attached hydrogen (secondary N) is 1. The predicted octanol–water partition coefficient (Wildman–Crippen LogP) is 2.43. The molecule has 0 amide bonds. The molecule has 116 valence electrons. The molecular weight excluding hydrogens is 301 g/mol. The van der Waals surface area contributed by atoms with E-state index in [-0.39, 0.29) is 5.69 Å². The molecule has 22 heavy (non-hydrogen) atoms. The fourth-order valence-corrected chi connectivity index (χ4v) is 3.57. The van der Waals surface area contributed by atoms with E-state index in [0.29, 0.717) is 5.82 Å². The summed E-state index contributed by atoms with van der Waals surface area (Å²) in [6.07, 6.45) is 0. The molecular formula is C16H18FN3OS. The molecule has 6 heteroatoms. The Labute approximate surface area is 132 Å². The van der Waals surface area contributed by atoms with E-state index in [1.54, 1.807) is 0 Å². The third kappa shape index (κ3) is 3.23. The molecule has 4 nitrogen and oxygen atoms in total. The van der Waals surface area contributed by atoms with Crippen LogP contribution in [0.1, 0.15) is 11.3 Å². The van der Waals surface area contributed by atoms with Gasteiger partial charge in [-0.2, -0.15) is 16.2 Å². The number of nitrogens with zero attached hydrogens (tertiary/aromatic N) is 2. The van der Waals surface area contributed by atoms with Crippen molar-refractivity contribution >= 4 is 11.8 Å². The number of aromatic nitrogens is 2. The van der Waals surface area contributed by atoms with Crippen molar-refractivity contribution in [2.45, 2.75) is 13.5 Å². The Bertz CT molecular complexity index is 726. The highest BCUT2D eigenvalue weighted by Crippen LogP contribution is 2.22. The Kier molecular flexibility index (Phi) is 4.59. The molecule has 0 aliphatic carbocycles. The number of halogens is 1. The van der Waals surface area contributed by atoms with E-state index in [1.807, 2.05) is 36.0 Å². The second-order valence-electron chi connectivity index (χ2n) is 5.36. The van der Waals surface area contributed by atoms with E-state index < -0.39 is 11.4 Å². The molecule has 0 spiro atoms. The van der Waals surface area contributed by atoms with Crippen LogP contribution in [0.3, 0.4) is 0 Å². The maximum atomic E-state index is 13.5. The smallest absolute Gasteiger partial charge is 0.287 e. The number of hydrogen-bond donors (Lipinski definition) is 1. The van der Waals surface area contributed by atoms with Crippen molar-refractivity contribution < 1.29 is 4.39 Å². The SMILES string of the molecule is Cc1nc(-c2ccccc2CN2CCSCC2)[nH]c(=O)c1F. The Morgan fingerprint density at radius 3 is 2.77 bits per heavy atom. The second-order valence-corrected chi connectivity index (χ2v) is 6.58. The minimum absolute atomic E-state index is 0.128. The van der Waals surface area contributed by atoms with Crippen molar-refractivity contribution in [1.29, 1.82) is 0 Å². The van der Waals surface area contributed by atoms with Crippen molar-refractivity contribution in [3.8, 4) is 11.4 Å². The van der Waals surface area contributed by atoms with Gasteiger partial charge < -0.3 is 4.98 Å². The minimum Gasteiger partial charge on any atom is -0.304 e. The van der Waals surface area contributed by atoms with Gasteiger partial charge in [-0.1, -0.05) is 24.3 Å². The van der Waals surface area contributed by atoms with Crippen LogP contribution in [-0.2, 0) is 6.54 Å². The van der Waals surface area contributed by atoms with E-state index in [1.165, 1.54) is 6.92 Å². The number of aryl methyl sites for hydroxylation is 1. The summed E-state index contributed by atoms with van der Waals surface area (Å²) in [5, 5.41) is 0. The fourth-order valence-electron chi connectivity index (χ4n) is 2.59. The van der Waals surface area contributed by atoms with Gasteiger partial charge >= 0.3 is 0 Å². The quantitative estimate of drug-likeness (QED) is 0.944. The first-order valence-electron chi connectivity index (χ1n) is 7.30. The van der Waals surface area contributed by atoms with Crippen molar-refractivity contribution in [2.24, 2.45) is 0 Å². The summed E-state index contributed by atoms with van der Waals surface area (Å²) in [4.78, 5) is 20.8. The molecule has 2 heterocycles. The Morgan fingerprint density at radius 2 is 2.05 bits per heavy atom. The first-order chi connectivity index (χ1) is 10.6. The zero-order valence-electron chi connectivity index (χ0n) is 12.4. The Hall–Kier alpha value is -1.66. The molecule has 3 rings (SSSR count). The standard InChI is InChI=1S/C16H18FN3OS/c1-11-14(17)16(21)19-15(18-11)13-5-3-2-4-12(13)10-20-6-8-22-9-7-20/h2-5H,6-10H2,1H3,(H,18,19,21). The van der Waals surface area contributed by atoms with Crippen molar-refractivity contribution in [2.75, 3.05) is 24.6 Å². The highest BCUT2D eigenvalue weighted by Gasteiger charge is 2.15. The van der Waals surface area contributed by atoms with Gasteiger partial charge in [0, 0.05) is 36.7 Å². The molecule has 1 aliphatic rings. The second kappa shape index (κ2) is 6.62. The number of benzene rings is 1. The van der Waals surface area contributed by atoms with Crippen LogP contribution in [0.25, 0.3) is 11.4 Å². The van der Waals surface area contributed by atoms with Gasteiger partial charge in [0.2, 0.25) is 5.82 Å². The van der Waals surface area contributed by atoms with Crippen LogP contribution >= 0.6 is 11.8 Å². The van der Waals surface area contributed by atoms with Gasteiger partial charge in [-0.3, -0.25) is 9.69 Å². The Balaban J connectivity index is 1.95. The van der Waals surface area contributed by atoms with Gasteiger partial charge in [0.1, 0.15) is 5.82 Å². The maximum absolute atomic E-state index is 13.5. The van der Waals surface area contributed by atoms with Crippen molar-refractivity contribution in [3.05, 3.63) is 51.7 Å². The molecule has 0 atom stereocenters. The zero-order chi connectivity index (χ0) is 15.5. The van der Waals surface area contributed by atoms with Crippen LogP contribution in [0, 0.1) is 12.7 Å². The third-order valence-electron chi connectivity index (χ3n) is 3.80. The van der Waals surface area contributed by atoms with Gasteiger partial charge in [0.25, 0.3) is 5.56 Å². The summed E-state index contributed by atoms with van der Waals surface area (Å²) < 4.78 is 13.5. The highest BCUT2D eigenvalue weighted by atomic mass is 32.2. The summed E-state index contributed by atoms with van der Waals surface area (Å²) in [5.74, 6) is 1.92. The average molecular weight is 319 g/mol. The molecule has 2 aromatic rings. The molecule has 1 fully saturated rings. The summed E-state index contributed by atoms with van der Waals surface area (Å²) in [7, 11) is 0. The lowest BCUT2D eigenvalue weighted by Crippen LogP contribution is -2.32. The normalized spacial score (nSPS) is 15.9. The van der Waals surface area contributed by atoms with Crippen molar-refractivity contribution in [3.63, 3.8) is 0 Å². The van der Waals surface area contributed by atoms with Gasteiger partial charge in [-0.25, -0.2) is 4.98 Å². The molecule has 1 N–H and O–H groups in total. The molecule has 1 aromatic heterocycles. The summed E-state index contributed by atoms with van der Waals surface area (Å²) >= 11 is 1.97. The average Bonchev–Trinajstić information content (AvgIpc) is 2.54. The van der Waals surface area contributed by atoms with Gasteiger partial charge in [0.15, 0.2) is 0 Å². The van der Waals surface area contributed by atoms with E-state index in [2.05, 4.69) is 14.9 Å². The van der Waals surface area contributed by atoms with Crippen LogP contribution in [0.5, 0.6) is 0 Å². The van der Waals surface area contributed by atoms with E-state index in [9.17, 15) is 9.18 Å². The van der Waals surface area contributed by atoms with Crippen molar-refractivity contribution in [1.82, 2.24) is 14.9 Å².